The molecular weight excluding hydrogens is 809 g/mol. The Kier molecular flexibility index (Phi) is 11.8. The maximum Gasteiger partial charge on any atom is 0.390 e. The van der Waals surface area contributed by atoms with Gasteiger partial charge in [-0.25, -0.2) is 17.9 Å². The molecule has 2 amide bonds. The summed E-state index contributed by atoms with van der Waals surface area (Å²) in [5, 5.41) is 10.0. The van der Waals surface area contributed by atoms with Crippen LogP contribution in [0.3, 0.4) is 0 Å². The van der Waals surface area contributed by atoms with Crippen molar-refractivity contribution in [3.05, 3.63) is 113 Å². The van der Waals surface area contributed by atoms with Crippen LogP contribution in [0.15, 0.2) is 101 Å². The van der Waals surface area contributed by atoms with E-state index in [1.165, 1.54) is 24.8 Å². The van der Waals surface area contributed by atoms with Crippen LogP contribution in [-0.2, 0) is 30.8 Å². The minimum atomic E-state index is -4.34. The monoisotopic (exact) mass is 863 g/mol. The van der Waals surface area contributed by atoms with Crippen molar-refractivity contribution in [3.8, 4) is 5.75 Å². The molecule has 1 unspecified atom stereocenters. The van der Waals surface area contributed by atoms with E-state index < -0.39 is 21.6 Å². The van der Waals surface area contributed by atoms with Gasteiger partial charge in [-0.1, -0.05) is 18.2 Å². The molecule has 1 aliphatic carbocycles. The number of carbonyl (C=O) groups excluding carboxylic acids is 2. The Labute approximate surface area is 362 Å². The molecule has 3 fully saturated rings. The van der Waals surface area contributed by atoms with E-state index >= 15 is 0 Å². The Balaban J connectivity index is 0.915. The van der Waals surface area contributed by atoms with E-state index in [9.17, 15) is 18.0 Å². The molecule has 5 aliphatic heterocycles. The first-order valence-corrected chi connectivity index (χ1v) is 23.0. The average molecular weight is 864 g/mol. The van der Waals surface area contributed by atoms with E-state index in [4.69, 9.17) is 14.3 Å². The van der Waals surface area contributed by atoms with Crippen LogP contribution in [0.4, 0.5) is 17.1 Å². The lowest BCUT2D eigenvalue weighted by atomic mass is 9.96. The molecule has 5 heterocycles. The minimum absolute atomic E-state index is 0.0583. The first-order valence-electron chi connectivity index (χ1n) is 21.6. The number of sulfonamides is 1. The van der Waals surface area contributed by atoms with Crippen LogP contribution in [0.25, 0.3) is 0 Å². The maximum atomic E-state index is 14.0. The third kappa shape index (κ3) is 9.09. The highest BCUT2D eigenvalue weighted by Crippen LogP contribution is 2.34. The van der Waals surface area contributed by atoms with E-state index in [0.717, 1.165) is 81.8 Å². The molecule has 0 spiro atoms. The summed E-state index contributed by atoms with van der Waals surface area (Å²) in [5.41, 5.74) is 7.61. The number of hydrogen-bond acceptors (Lipinski definition) is 13. The van der Waals surface area contributed by atoms with Gasteiger partial charge in [0, 0.05) is 81.4 Å². The van der Waals surface area contributed by atoms with Crippen LogP contribution in [0.2, 0.25) is 0 Å². The van der Waals surface area contributed by atoms with Crippen LogP contribution in [0, 0.1) is 11.8 Å². The van der Waals surface area contributed by atoms with Gasteiger partial charge in [-0.3, -0.25) is 20.0 Å². The number of allylic oxidation sites excluding steroid dienone is 1. The van der Waals surface area contributed by atoms with Gasteiger partial charge in [0.1, 0.15) is 17.2 Å². The molecule has 3 aromatic carbocycles. The smallest absolute Gasteiger partial charge is 0.390 e. The maximum absolute atomic E-state index is 14.0. The molecule has 3 aromatic rings. The van der Waals surface area contributed by atoms with Crippen molar-refractivity contribution >= 4 is 45.1 Å². The van der Waals surface area contributed by atoms with Crippen molar-refractivity contribution in [2.75, 3.05) is 75.3 Å². The molecule has 2 atom stereocenters. The molecule has 16 heteroatoms. The van der Waals surface area contributed by atoms with Crippen molar-refractivity contribution in [1.29, 1.82) is 0 Å². The number of anilines is 3. The summed E-state index contributed by atoms with van der Waals surface area (Å²) < 4.78 is 43.9. The number of nitrogens with one attached hydrogen (secondary N) is 5. The Morgan fingerprint density at radius 3 is 2.56 bits per heavy atom. The number of carbonyl (C=O) groups is 2. The zero-order valence-corrected chi connectivity index (χ0v) is 36.0. The van der Waals surface area contributed by atoms with E-state index in [1.54, 1.807) is 24.4 Å². The number of dihydropyridines is 1. The van der Waals surface area contributed by atoms with Crippen molar-refractivity contribution < 1.29 is 36.9 Å². The second-order valence-electron chi connectivity index (χ2n) is 17.1. The van der Waals surface area contributed by atoms with Gasteiger partial charge in [-0.2, -0.15) is 4.58 Å². The van der Waals surface area contributed by atoms with Gasteiger partial charge in [0.05, 0.1) is 41.4 Å². The summed E-state index contributed by atoms with van der Waals surface area (Å²) in [6, 6.07) is 18.2. The standard InChI is InChI=1S/C46H54N8O7S/c1-46-35(13-16-48-46)24-38(28-49-46)61-43-25-36(53-19-17-52(18-20-53)30-37-23-33-5-3-4-6-34(33)29-54(37)45(56)32-7-8-32)9-11-40(43)44(55)51-62(57,58)39-10-12-41(42(26-39)50-59-2)47-27-31-14-21-60-22-15-31/h3-6,9-13,16,24-26,28-29,31-32,37,47-50H,7-8,14-15,17-23,27,30H2,1-2H3/p+1/t37-,46?/m0/s1. The fraction of sp³-hybridized carbons (Fsp3) is 0.413. The number of ether oxygens (including phenoxy) is 2. The quantitative estimate of drug-likeness (QED) is 0.115. The van der Waals surface area contributed by atoms with Crippen molar-refractivity contribution in [2.24, 2.45) is 11.8 Å². The number of fused-ring (bicyclic) bond motifs is 2. The molecular formula is C46H55N8O7S+. The fourth-order valence-corrected chi connectivity index (χ4v) is 9.79. The van der Waals surface area contributed by atoms with Crippen LogP contribution in [0.1, 0.15) is 54.1 Å². The molecule has 1 saturated carbocycles. The van der Waals surface area contributed by atoms with Gasteiger partial charge in [0.15, 0.2) is 12.3 Å². The van der Waals surface area contributed by atoms with E-state index in [-0.39, 0.29) is 34.1 Å². The summed E-state index contributed by atoms with van der Waals surface area (Å²) in [6.07, 6.45) is 14.1. The summed E-state index contributed by atoms with van der Waals surface area (Å²) >= 11 is 0. The first kappa shape index (κ1) is 41.7. The Morgan fingerprint density at radius 1 is 0.968 bits per heavy atom. The third-order valence-corrected chi connectivity index (χ3v) is 14.0. The third-order valence-electron chi connectivity index (χ3n) is 12.7. The van der Waals surface area contributed by atoms with Crippen LogP contribution in [0.5, 0.6) is 5.75 Å². The van der Waals surface area contributed by atoms with Gasteiger partial charge in [-0.05, 0) is 98.8 Å². The Bertz CT molecular complexity index is 2450. The van der Waals surface area contributed by atoms with Crippen LogP contribution in [-0.4, -0.2) is 107 Å². The van der Waals surface area contributed by atoms with Gasteiger partial charge >= 0.3 is 5.91 Å². The topological polar surface area (TPSA) is 166 Å². The molecule has 0 radical (unpaired) electrons. The normalized spacial score (nSPS) is 22.5. The van der Waals surface area contributed by atoms with Gasteiger partial charge in [0.2, 0.25) is 0 Å². The highest BCUT2D eigenvalue weighted by atomic mass is 32.2. The molecule has 326 valence electrons. The predicted molar refractivity (Wildman–Crippen MR) is 237 cm³/mol. The average Bonchev–Trinajstić information content (AvgIpc) is 4.06. The minimum Gasteiger partial charge on any atom is -0.455 e. The molecule has 0 bridgehead atoms. The molecule has 6 aliphatic rings. The molecule has 2 saturated heterocycles. The van der Waals surface area contributed by atoms with Gasteiger partial charge in [0.25, 0.3) is 15.9 Å². The molecule has 9 rings (SSSR count). The first-order chi connectivity index (χ1) is 30.0. The van der Waals surface area contributed by atoms with Crippen molar-refractivity contribution in [2.45, 2.75) is 55.6 Å². The summed E-state index contributed by atoms with van der Waals surface area (Å²) in [6.45, 7) is 7.91. The number of rotatable bonds is 14. The number of nitrogens with zero attached hydrogens (tertiary/aromatic N) is 3. The Morgan fingerprint density at radius 2 is 1.77 bits per heavy atom. The molecule has 62 heavy (non-hydrogen) atoms. The van der Waals surface area contributed by atoms with E-state index in [0.29, 0.717) is 42.7 Å². The summed E-state index contributed by atoms with van der Waals surface area (Å²) in [4.78, 5) is 37.2. The SMILES string of the molecule is CONc1cc(S(=O)(=O)NC(=O)c2ccc(N3CCN(C[C@@H]4Cc5ccccc5C=[N+]4C(=O)C4CC4)CC3)cc2OC2=CNC3(C)NC=CC3=C2)ccc1NCC1CCOCC1. The van der Waals surface area contributed by atoms with Crippen LogP contribution < -0.4 is 35.8 Å². The largest absolute Gasteiger partial charge is 0.455 e. The molecule has 15 nitrogen and oxygen atoms in total. The van der Waals surface area contributed by atoms with Gasteiger partial charge in [-0.15, -0.1) is 0 Å². The number of hydrogen-bond donors (Lipinski definition) is 5. The lowest BCUT2D eigenvalue weighted by Gasteiger charge is -2.37. The zero-order chi connectivity index (χ0) is 42.8. The zero-order valence-electron chi connectivity index (χ0n) is 35.2. The van der Waals surface area contributed by atoms with E-state index in [2.05, 4.69) is 60.4 Å². The Hall–Kier alpha value is -5.68. The van der Waals surface area contributed by atoms with Crippen LogP contribution >= 0.6 is 0 Å². The molecule has 0 aromatic heterocycles. The second kappa shape index (κ2) is 17.6. The fourth-order valence-electron chi connectivity index (χ4n) is 8.80. The van der Waals surface area contributed by atoms with Crippen molar-refractivity contribution in [3.63, 3.8) is 0 Å². The van der Waals surface area contributed by atoms with Crippen molar-refractivity contribution in [1.82, 2.24) is 20.3 Å². The highest BCUT2D eigenvalue weighted by molar-refractivity contribution is 7.90. The lowest BCUT2D eigenvalue weighted by molar-refractivity contribution is -0.488. The summed E-state index contributed by atoms with van der Waals surface area (Å²) in [7, 11) is -2.89. The van der Waals surface area contributed by atoms with E-state index in [1.807, 2.05) is 42.0 Å². The number of amides is 2. The summed E-state index contributed by atoms with van der Waals surface area (Å²) in [5.74, 6) is 0.635. The van der Waals surface area contributed by atoms with Gasteiger partial charge < -0.3 is 30.3 Å². The second-order valence-corrected chi connectivity index (χ2v) is 18.7. The molecule has 5 N–H and O–H groups in total. The lowest BCUT2D eigenvalue weighted by Crippen LogP contribution is -2.52. The highest BCUT2D eigenvalue weighted by Gasteiger charge is 2.43. The number of piperazine rings is 1. The predicted octanol–water partition coefficient (Wildman–Crippen LogP) is 4.31. The number of benzene rings is 3.